The molecular formula is C42H29N3O8. The molecule has 0 bridgehead atoms. The van der Waals surface area contributed by atoms with Gasteiger partial charge in [-0.15, -0.1) is 0 Å². The lowest BCUT2D eigenvalue weighted by molar-refractivity contribution is -0.385. The Morgan fingerprint density at radius 3 is 1.96 bits per heavy atom. The number of nitro groups is 1. The molecule has 1 aliphatic heterocycles. The van der Waals surface area contributed by atoms with Gasteiger partial charge in [0, 0.05) is 6.07 Å². The highest BCUT2D eigenvalue weighted by Gasteiger charge is 2.18. The van der Waals surface area contributed by atoms with Crippen molar-refractivity contribution in [3.63, 3.8) is 0 Å². The van der Waals surface area contributed by atoms with Crippen molar-refractivity contribution in [2.75, 3.05) is 13.4 Å². The smallest absolute Gasteiger partial charge is 0.343 e. The Bertz CT molecular complexity index is 2230. The van der Waals surface area contributed by atoms with Gasteiger partial charge in [0.2, 0.25) is 6.79 Å². The Hall–Kier alpha value is -8.57. The van der Waals surface area contributed by atoms with Crippen LogP contribution in [-0.2, 0) is 4.79 Å². The lowest BCUT2D eigenvalue weighted by atomic mass is 10.2. The number of amides is 1. The van der Waals surface area contributed by atoms with E-state index in [1.54, 1.807) is 42.5 Å². The Morgan fingerprint density at radius 1 is 0.774 bits per heavy atom. The lowest BCUT2D eigenvalue weighted by Crippen LogP contribution is -2.24. The van der Waals surface area contributed by atoms with E-state index in [2.05, 4.69) is 125 Å². The molecule has 11 heteroatoms. The molecule has 1 heterocycles. The van der Waals surface area contributed by atoms with Crippen LogP contribution in [0.1, 0.15) is 15.9 Å². The molecule has 0 aliphatic carbocycles. The zero-order valence-electron chi connectivity index (χ0n) is 28.2. The number of hydrogen-bond donors (Lipinski definition) is 1. The number of nitro benzene ring substituents is 1. The van der Waals surface area contributed by atoms with Crippen LogP contribution < -0.4 is 24.4 Å². The van der Waals surface area contributed by atoms with Crippen molar-refractivity contribution in [2.45, 2.75) is 0 Å². The molecule has 0 saturated carbocycles. The van der Waals surface area contributed by atoms with E-state index in [-0.39, 0.29) is 24.0 Å². The van der Waals surface area contributed by atoms with Crippen molar-refractivity contribution in [3.05, 3.63) is 202 Å². The number of para-hydroxylation sites is 2. The molecule has 0 spiro atoms. The van der Waals surface area contributed by atoms with Gasteiger partial charge in [-0.25, -0.2) is 10.2 Å². The standard InChI is InChI=1S/C23H17N3O8.C7H4.2C6H4/c27-22(13-31-19-7-2-1-6-18(19)26(29)30)25-24-12-15-4-3-5-17(10-15)34-23(28)16-8-9-20-21(11-16)33-14-32-20;1-3-5-7-6-4-2;2*1-3-5-6-4-2/h1-12H,13-14H2,(H,25,27);1-2H2;2*1-2H2/b24-12+;;;. The largest absolute Gasteiger partial charge is 0.477 e. The minimum absolute atomic E-state index is 0.0244. The second kappa shape index (κ2) is 26.4. The third kappa shape index (κ3) is 18.0. The third-order valence-electron chi connectivity index (χ3n) is 5.28. The molecule has 0 fully saturated rings. The predicted molar refractivity (Wildman–Crippen MR) is 198 cm³/mol. The quantitative estimate of drug-likeness (QED) is 0.0636. The van der Waals surface area contributed by atoms with Gasteiger partial charge < -0.3 is 18.9 Å². The number of fused-ring (bicyclic) bond motifs is 1. The number of hydrazone groups is 1. The number of nitrogens with one attached hydrogen (secondary N) is 1. The highest BCUT2D eigenvalue weighted by Crippen LogP contribution is 2.32. The molecule has 1 amide bonds. The first-order valence-electron chi connectivity index (χ1n) is 14.5. The highest BCUT2D eigenvalue weighted by molar-refractivity contribution is 5.92. The summed E-state index contributed by atoms with van der Waals surface area (Å²) in [7, 11) is 0. The fraction of sp³-hybridized carbons (Fsp3) is 0.0476. The minimum Gasteiger partial charge on any atom is -0.477 e. The molecule has 53 heavy (non-hydrogen) atoms. The van der Waals surface area contributed by atoms with Gasteiger partial charge in [-0.3, -0.25) is 14.9 Å². The molecule has 11 nitrogen and oxygen atoms in total. The average molecular weight is 704 g/mol. The summed E-state index contributed by atoms with van der Waals surface area (Å²) in [5.74, 6) is 0.0926. The van der Waals surface area contributed by atoms with Crippen molar-refractivity contribution in [1.82, 2.24) is 5.43 Å². The van der Waals surface area contributed by atoms with Crippen LogP contribution in [0.15, 0.2) is 186 Å². The number of carbonyl (C=O) groups excluding carboxylic acids is 2. The number of rotatable bonds is 8. The molecule has 260 valence electrons. The molecule has 0 saturated heterocycles. The van der Waals surface area contributed by atoms with Crippen LogP contribution in [-0.4, -0.2) is 36.4 Å². The number of ether oxygens (including phenoxy) is 4. The molecule has 3 aromatic carbocycles. The van der Waals surface area contributed by atoms with Gasteiger partial charge >= 0.3 is 11.7 Å². The van der Waals surface area contributed by atoms with Gasteiger partial charge in [0.05, 0.1) is 16.7 Å². The zero-order valence-corrected chi connectivity index (χ0v) is 28.2. The van der Waals surface area contributed by atoms with E-state index in [1.165, 1.54) is 30.5 Å². The number of nitrogens with zero attached hydrogens (tertiary/aromatic N) is 2. The van der Waals surface area contributed by atoms with Gasteiger partial charge in [-0.2, -0.15) is 5.10 Å². The number of esters is 1. The summed E-state index contributed by atoms with van der Waals surface area (Å²) in [6, 6.07) is 17.0. The molecule has 1 N–H and O–H groups in total. The second-order valence-corrected chi connectivity index (χ2v) is 8.77. The molecular weight excluding hydrogens is 674 g/mol. The molecule has 0 aromatic heterocycles. The lowest BCUT2D eigenvalue weighted by Gasteiger charge is -2.06. The number of benzene rings is 3. The Morgan fingerprint density at radius 2 is 1.36 bits per heavy atom. The van der Waals surface area contributed by atoms with Crippen molar-refractivity contribution >= 4 is 23.8 Å². The van der Waals surface area contributed by atoms with E-state index in [0.717, 1.165) is 0 Å². The van der Waals surface area contributed by atoms with E-state index in [0.29, 0.717) is 22.6 Å². The van der Waals surface area contributed by atoms with Crippen LogP contribution in [0.2, 0.25) is 0 Å². The van der Waals surface area contributed by atoms with Gasteiger partial charge in [-0.1, -0.05) is 58.7 Å². The Labute approximate surface area is 305 Å². The van der Waals surface area contributed by atoms with E-state index in [9.17, 15) is 19.7 Å². The van der Waals surface area contributed by atoms with E-state index < -0.39 is 23.4 Å². The summed E-state index contributed by atoms with van der Waals surface area (Å²) in [4.78, 5) is 34.7. The highest BCUT2D eigenvalue weighted by atomic mass is 16.7. The monoisotopic (exact) mass is 703 g/mol. The maximum atomic E-state index is 12.4. The second-order valence-electron chi connectivity index (χ2n) is 8.77. The number of carbonyl (C=O) groups is 2. The van der Waals surface area contributed by atoms with Gasteiger partial charge in [0.15, 0.2) is 23.9 Å². The first kappa shape index (κ1) is 42.5. The summed E-state index contributed by atoms with van der Waals surface area (Å²) in [6.45, 7) is 19.1. The van der Waals surface area contributed by atoms with Crippen molar-refractivity contribution in [3.8, 4) is 23.0 Å². The molecule has 1 aliphatic rings. The summed E-state index contributed by atoms with van der Waals surface area (Å²) < 4.78 is 21.1. The van der Waals surface area contributed by atoms with Gasteiger partial charge in [0.25, 0.3) is 5.91 Å². The van der Waals surface area contributed by atoms with E-state index in [4.69, 9.17) is 18.9 Å². The van der Waals surface area contributed by atoms with Crippen molar-refractivity contribution in [2.24, 2.45) is 5.10 Å². The fourth-order valence-electron chi connectivity index (χ4n) is 3.23. The number of hydrogen-bond acceptors (Lipinski definition) is 9. The van der Waals surface area contributed by atoms with Crippen LogP contribution >= 0.6 is 0 Å². The van der Waals surface area contributed by atoms with Crippen molar-refractivity contribution < 1.29 is 33.5 Å². The third-order valence-corrected chi connectivity index (χ3v) is 5.28. The Balaban J connectivity index is 0.000000607. The van der Waals surface area contributed by atoms with Crippen LogP contribution in [0, 0.1) is 10.1 Å². The summed E-state index contributed by atoms with van der Waals surface area (Å²) in [5, 5.41) is 14.8. The first-order chi connectivity index (χ1) is 25.7. The maximum Gasteiger partial charge on any atom is 0.343 e. The summed E-state index contributed by atoms with van der Waals surface area (Å²) >= 11 is 0. The maximum absolute atomic E-state index is 12.4. The predicted octanol–water partition coefficient (Wildman–Crippen LogP) is 7.49. The molecule has 0 atom stereocenters. The summed E-state index contributed by atoms with van der Waals surface area (Å²) in [5.41, 5.74) is 34.0. The molecule has 4 rings (SSSR count). The van der Waals surface area contributed by atoms with Crippen LogP contribution in [0.4, 0.5) is 5.69 Å². The fourth-order valence-corrected chi connectivity index (χ4v) is 3.23. The van der Waals surface area contributed by atoms with Crippen LogP contribution in [0.3, 0.4) is 0 Å². The molecule has 0 unspecified atom stereocenters. The normalized spacial score (nSPS) is 8.75. The SMILES string of the molecule is C=C=C=C=C=C.C=C=C=C=C=C.C=C=C=C=C=C=C.O=C(COc1ccccc1[N+](=O)[O-])N/N=C/c1cccc(OC(=O)c2ccc3c(c2)OCO3)c1. The Kier molecular flexibility index (Phi) is 21.1. The first-order valence-corrected chi connectivity index (χ1v) is 14.5. The van der Waals surface area contributed by atoms with E-state index >= 15 is 0 Å². The average Bonchev–Trinajstić information content (AvgIpc) is 3.65. The van der Waals surface area contributed by atoms with Gasteiger partial charge in [-0.05, 0) is 122 Å². The van der Waals surface area contributed by atoms with Crippen LogP contribution in [0.25, 0.3) is 0 Å². The molecule has 3 aromatic rings. The topological polar surface area (TPSA) is 139 Å². The van der Waals surface area contributed by atoms with E-state index in [1.807, 2.05) is 0 Å². The minimum atomic E-state index is -0.611. The van der Waals surface area contributed by atoms with Crippen LogP contribution in [0.5, 0.6) is 23.0 Å². The van der Waals surface area contributed by atoms with Gasteiger partial charge in [0.1, 0.15) is 5.75 Å². The zero-order chi connectivity index (χ0) is 39.1. The summed E-state index contributed by atoms with van der Waals surface area (Å²) in [6.07, 6.45) is 1.35. The van der Waals surface area contributed by atoms with Crippen molar-refractivity contribution in [1.29, 1.82) is 0 Å². The molecule has 0 radical (unpaired) electrons.